The zero-order valence-corrected chi connectivity index (χ0v) is 11.7. The highest BCUT2D eigenvalue weighted by Gasteiger charge is 2.30. The van der Waals surface area contributed by atoms with Crippen molar-refractivity contribution in [3.05, 3.63) is 59.2 Å². The van der Waals surface area contributed by atoms with Crippen LogP contribution >= 0.6 is 12.4 Å². The minimum Gasteiger partial charge on any atom is -0.326 e. The molecule has 0 atom stereocenters. The van der Waals surface area contributed by atoms with Crippen LogP contribution in [0.25, 0.3) is 11.1 Å². The smallest absolute Gasteiger partial charge is 0.326 e. The molecule has 0 spiro atoms. The van der Waals surface area contributed by atoms with Crippen molar-refractivity contribution >= 4 is 12.4 Å². The van der Waals surface area contributed by atoms with E-state index in [-0.39, 0.29) is 19.0 Å². The Labute approximate surface area is 122 Å². The van der Waals surface area contributed by atoms with Gasteiger partial charge in [0, 0.05) is 6.54 Å². The van der Waals surface area contributed by atoms with Crippen LogP contribution in [0.2, 0.25) is 0 Å². The minimum atomic E-state index is -4.34. The number of benzene rings is 2. The second kappa shape index (κ2) is 6.29. The molecule has 0 amide bonds. The fourth-order valence-corrected chi connectivity index (χ4v) is 2.08. The lowest BCUT2D eigenvalue weighted by Gasteiger charge is -2.14. The molecule has 0 aromatic heterocycles. The first-order chi connectivity index (χ1) is 8.93. The van der Waals surface area contributed by atoms with Crippen molar-refractivity contribution in [2.45, 2.75) is 19.6 Å². The van der Waals surface area contributed by atoms with E-state index >= 15 is 0 Å². The maximum Gasteiger partial charge on any atom is 0.416 e. The number of hydrogen-bond donors (Lipinski definition) is 1. The minimum absolute atomic E-state index is 0. The molecular formula is C15H15ClF3N. The summed E-state index contributed by atoms with van der Waals surface area (Å²) >= 11 is 0. The molecule has 0 bridgehead atoms. The van der Waals surface area contributed by atoms with Crippen LogP contribution in [0, 0.1) is 6.92 Å². The molecule has 0 saturated heterocycles. The maximum absolute atomic E-state index is 12.7. The first-order valence-electron chi connectivity index (χ1n) is 5.89. The monoisotopic (exact) mass is 301 g/mol. The van der Waals surface area contributed by atoms with Crippen molar-refractivity contribution < 1.29 is 13.2 Å². The van der Waals surface area contributed by atoms with Gasteiger partial charge in [0.05, 0.1) is 5.56 Å². The van der Waals surface area contributed by atoms with Crippen molar-refractivity contribution in [3.63, 3.8) is 0 Å². The zero-order chi connectivity index (χ0) is 14.0. The molecule has 108 valence electrons. The summed E-state index contributed by atoms with van der Waals surface area (Å²) in [5, 5.41) is 0. The molecule has 1 nitrogen and oxygen atoms in total. The van der Waals surface area contributed by atoms with Gasteiger partial charge in [-0.15, -0.1) is 12.4 Å². The average Bonchev–Trinajstić information content (AvgIpc) is 2.37. The van der Waals surface area contributed by atoms with Crippen LogP contribution < -0.4 is 5.73 Å². The standard InChI is InChI=1S/C15H14F3N.ClH/c1-10-4-2-3-5-13(10)14-7-6-12(15(16,17)18)8-11(14)9-19;/h2-8H,9,19H2,1H3;1H. The fraction of sp³-hybridized carbons (Fsp3) is 0.200. The van der Waals surface area contributed by atoms with Gasteiger partial charge in [-0.2, -0.15) is 13.2 Å². The number of rotatable bonds is 2. The predicted molar refractivity (Wildman–Crippen MR) is 76.8 cm³/mol. The Morgan fingerprint density at radius 3 is 2.20 bits per heavy atom. The maximum atomic E-state index is 12.7. The molecule has 2 rings (SSSR count). The van der Waals surface area contributed by atoms with Crippen molar-refractivity contribution in [2.75, 3.05) is 0 Å². The van der Waals surface area contributed by atoms with Gasteiger partial charge in [-0.3, -0.25) is 0 Å². The van der Waals surface area contributed by atoms with Gasteiger partial charge in [-0.05, 0) is 41.3 Å². The van der Waals surface area contributed by atoms with E-state index < -0.39 is 11.7 Å². The fourth-order valence-electron chi connectivity index (χ4n) is 2.08. The number of aryl methyl sites for hydroxylation is 1. The number of halogens is 4. The van der Waals surface area contributed by atoms with Gasteiger partial charge in [-0.25, -0.2) is 0 Å². The molecule has 0 unspecified atom stereocenters. The van der Waals surface area contributed by atoms with Gasteiger partial charge in [0.15, 0.2) is 0 Å². The molecule has 0 aliphatic heterocycles. The molecule has 2 aromatic rings. The Hall–Kier alpha value is -1.52. The van der Waals surface area contributed by atoms with E-state index in [0.29, 0.717) is 5.56 Å². The first-order valence-corrected chi connectivity index (χ1v) is 5.89. The van der Waals surface area contributed by atoms with E-state index in [2.05, 4.69) is 0 Å². The van der Waals surface area contributed by atoms with Crippen LogP contribution in [-0.2, 0) is 12.7 Å². The second-order valence-corrected chi connectivity index (χ2v) is 4.39. The molecule has 2 aromatic carbocycles. The van der Waals surface area contributed by atoms with Crippen LogP contribution in [0.15, 0.2) is 42.5 Å². The van der Waals surface area contributed by atoms with Gasteiger partial charge >= 0.3 is 6.18 Å². The highest BCUT2D eigenvalue weighted by Crippen LogP contribution is 2.34. The Kier molecular flexibility index (Phi) is 5.20. The largest absolute Gasteiger partial charge is 0.416 e. The summed E-state index contributed by atoms with van der Waals surface area (Å²) in [6, 6.07) is 11.3. The lowest BCUT2D eigenvalue weighted by Crippen LogP contribution is -2.08. The topological polar surface area (TPSA) is 26.0 Å². The lowest BCUT2D eigenvalue weighted by atomic mass is 9.94. The van der Waals surface area contributed by atoms with E-state index in [9.17, 15) is 13.2 Å². The van der Waals surface area contributed by atoms with Gasteiger partial charge in [0.2, 0.25) is 0 Å². The number of hydrogen-bond acceptors (Lipinski definition) is 1. The number of alkyl halides is 3. The van der Waals surface area contributed by atoms with Gasteiger partial charge < -0.3 is 5.73 Å². The Morgan fingerprint density at radius 2 is 1.65 bits per heavy atom. The third kappa shape index (κ3) is 3.32. The molecule has 0 saturated carbocycles. The number of nitrogens with two attached hydrogens (primary N) is 1. The Morgan fingerprint density at radius 1 is 1.00 bits per heavy atom. The molecule has 0 aliphatic rings. The van der Waals surface area contributed by atoms with E-state index in [4.69, 9.17) is 5.73 Å². The van der Waals surface area contributed by atoms with Gasteiger partial charge in [0.1, 0.15) is 0 Å². The van der Waals surface area contributed by atoms with Crippen LogP contribution in [0.5, 0.6) is 0 Å². The molecule has 5 heteroatoms. The van der Waals surface area contributed by atoms with Crippen molar-refractivity contribution in [1.82, 2.24) is 0 Å². The molecule has 2 N–H and O–H groups in total. The summed E-state index contributed by atoms with van der Waals surface area (Å²) < 4.78 is 38.0. The quantitative estimate of drug-likeness (QED) is 0.864. The van der Waals surface area contributed by atoms with Crippen LogP contribution in [0.1, 0.15) is 16.7 Å². The average molecular weight is 302 g/mol. The van der Waals surface area contributed by atoms with Crippen LogP contribution in [-0.4, -0.2) is 0 Å². The summed E-state index contributed by atoms with van der Waals surface area (Å²) in [4.78, 5) is 0. The SMILES string of the molecule is Cc1ccccc1-c1ccc(C(F)(F)F)cc1CN.Cl. The summed E-state index contributed by atoms with van der Waals surface area (Å²) in [6.45, 7) is 2.00. The highest BCUT2D eigenvalue weighted by atomic mass is 35.5. The van der Waals surface area contributed by atoms with Gasteiger partial charge in [0.25, 0.3) is 0 Å². The molecule has 20 heavy (non-hydrogen) atoms. The third-order valence-corrected chi connectivity index (χ3v) is 3.09. The van der Waals surface area contributed by atoms with Crippen LogP contribution in [0.3, 0.4) is 0 Å². The molecule has 0 radical (unpaired) electrons. The summed E-state index contributed by atoms with van der Waals surface area (Å²) in [6.07, 6.45) is -4.34. The normalized spacial score (nSPS) is 11.1. The molecule has 0 heterocycles. The van der Waals surface area contributed by atoms with Crippen molar-refractivity contribution in [1.29, 1.82) is 0 Å². The van der Waals surface area contributed by atoms with Crippen LogP contribution in [0.4, 0.5) is 13.2 Å². The summed E-state index contributed by atoms with van der Waals surface area (Å²) in [5.41, 5.74) is 8.11. The van der Waals surface area contributed by atoms with Crippen molar-refractivity contribution in [3.8, 4) is 11.1 Å². The van der Waals surface area contributed by atoms with E-state index in [1.165, 1.54) is 6.07 Å². The predicted octanol–water partition coefficient (Wildman–Crippen LogP) is 4.56. The van der Waals surface area contributed by atoms with E-state index in [1.54, 1.807) is 0 Å². The first kappa shape index (κ1) is 16.5. The Balaban J connectivity index is 0.00000200. The summed E-state index contributed by atoms with van der Waals surface area (Å²) in [5.74, 6) is 0. The van der Waals surface area contributed by atoms with Crippen molar-refractivity contribution in [2.24, 2.45) is 5.73 Å². The van der Waals surface area contributed by atoms with E-state index in [1.807, 2.05) is 31.2 Å². The second-order valence-electron chi connectivity index (χ2n) is 4.39. The molecule has 0 aliphatic carbocycles. The zero-order valence-electron chi connectivity index (χ0n) is 10.9. The molecule has 0 fully saturated rings. The summed E-state index contributed by atoms with van der Waals surface area (Å²) in [7, 11) is 0. The molecular weight excluding hydrogens is 287 g/mol. The Bertz CT molecular complexity index is 594. The lowest BCUT2D eigenvalue weighted by molar-refractivity contribution is -0.137. The highest BCUT2D eigenvalue weighted by molar-refractivity contribution is 5.85. The van der Waals surface area contributed by atoms with E-state index in [0.717, 1.165) is 28.8 Å². The third-order valence-electron chi connectivity index (χ3n) is 3.09. The van der Waals surface area contributed by atoms with Gasteiger partial charge in [-0.1, -0.05) is 30.3 Å².